The lowest BCUT2D eigenvalue weighted by Gasteiger charge is -2.24. The van der Waals surface area contributed by atoms with Gasteiger partial charge in [0.2, 0.25) is 5.91 Å². The molecular formula is C23H26N4O4. The van der Waals surface area contributed by atoms with Gasteiger partial charge in [-0.3, -0.25) is 4.79 Å². The summed E-state index contributed by atoms with van der Waals surface area (Å²) in [5.74, 6) is -0.919. The van der Waals surface area contributed by atoms with Crippen molar-refractivity contribution in [3.05, 3.63) is 41.7 Å². The second-order valence-electron chi connectivity index (χ2n) is 8.25. The summed E-state index contributed by atoms with van der Waals surface area (Å²) in [5, 5.41) is 20.2. The van der Waals surface area contributed by atoms with E-state index in [4.69, 9.17) is 0 Å². The van der Waals surface area contributed by atoms with Crippen LogP contribution in [0, 0.1) is 0 Å². The second-order valence-corrected chi connectivity index (χ2v) is 8.25. The highest BCUT2D eigenvalue weighted by Crippen LogP contribution is 2.45. The van der Waals surface area contributed by atoms with E-state index >= 15 is 0 Å². The molecule has 0 bridgehead atoms. The topological polar surface area (TPSA) is 109 Å². The maximum atomic E-state index is 12.7. The molecule has 2 aromatic heterocycles. The molecule has 0 radical (unpaired) electrons. The molecule has 2 N–H and O–H groups in total. The highest BCUT2D eigenvalue weighted by molar-refractivity contribution is 6.07. The summed E-state index contributed by atoms with van der Waals surface area (Å²) >= 11 is 0. The standard InChI is InChI=1S/C23H26N4O4/c1-26(2)18(28)13-27-17-10-6-9-16(22(29)30)20(17)19(14-7-4-3-5-8-14)21(27)15-11-24-23(31)25-12-15/h6,9-12,14H,3-5,7-8,13H2,1-2H3,(H,29,30)(H,24,25,31). The number of hydrogen-bond donors (Lipinski definition) is 2. The fraction of sp³-hybridized carbons (Fsp3) is 0.391. The van der Waals surface area contributed by atoms with Gasteiger partial charge in [0.1, 0.15) is 6.54 Å². The second kappa shape index (κ2) is 8.37. The van der Waals surface area contributed by atoms with Crippen molar-refractivity contribution >= 4 is 22.8 Å². The number of carbonyl (C=O) groups is 2. The molecule has 0 spiro atoms. The van der Waals surface area contributed by atoms with Crippen molar-refractivity contribution in [2.24, 2.45) is 0 Å². The Balaban J connectivity index is 2.08. The van der Waals surface area contributed by atoms with E-state index in [2.05, 4.69) is 9.97 Å². The van der Waals surface area contributed by atoms with Gasteiger partial charge in [0.05, 0.1) is 16.8 Å². The average molecular weight is 422 g/mol. The Kier molecular flexibility index (Phi) is 5.63. The normalized spacial score (nSPS) is 14.6. The molecule has 0 aliphatic heterocycles. The predicted octanol–water partition coefficient (Wildman–Crippen LogP) is 3.64. The molecule has 3 aromatic rings. The molecule has 1 saturated carbocycles. The minimum atomic E-state index is -0.993. The van der Waals surface area contributed by atoms with Gasteiger partial charge in [-0.25, -0.2) is 14.8 Å². The summed E-state index contributed by atoms with van der Waals surface area (Å²) in [6, 6.07) is 4.86. The SMILES string of the molecule is CN(C)C(=O)Cn1c(-c2cnc(O)nc2)c(C2CCCCC2)c2c(C(=O)O)cccc21. The largest absolute Gasteiger partial charge is 0.479 e. The van der Waals surface area contributed by atoms with Crippen molar-refractivity contribution in [3.8, 4) is 17.3 Å². The maximum Gasteiger partial charge on any atom is 0.336 e. The minimum absolute atomic E-state index is 0.0650. The molecule has 1 fully saturated rings. The first-order chi connectivity index (χ1) is 14.9. The molecule has 2 heterocycles. The Morgan fingerprint density at radius 3 is 2.42 bits per heavy atom. The number of fused-ring (bicyclic) bond motifs is 1. The molecule has 0 atom stereocenters. The van der Waals surface area contributed by atoms with Crippen molar-refractivity contribution in [1.82, 2.24) is 19.4 Å². The van der Waals surface area contributed by atoms with Gasteiger partial charge in [-0.2, -0.15) is 0 Å². The van der Waals surface area contributed by atoms with Gasteiger partial charge in [-0.1, -0.05) is 25.3 Å². The molecule has 1 amide bonds. The van der Waals surface area contributed by atoms with Crippen LogP contribution in [0.1, 0.15) is 53.9 Å². The first-order valence-corrected chi connectivity index (χ1v) is 10.5. The number of amides is 1. The van der Waals surface area contributed by atoms with Crippen molar-refractivity contribution in [2.45, 2.75) is 44.6 Å². The van der Waals surface area contributed by atoms with Crippen LogP contribution in [0.15, 0.2) is 30.6 Å². The highest BCUT2D eigenvalue weighted by Gasteiger charge is 2.30. The molecule has 0 unspecified atom stereocenters. The van der Waals surface area contributed by atoms with Crippen LogP contribution in [0.4, 0.5) is 0 Å². The van der Waals surface area contributed by atoms with Crippen LogP contribution >= 0.6 is 0 Å². The number of benzene rings is 1. The number of hydrogen-bond acceptors (Lipinski definition) is 5. The number of aromatic hydroxyl groups is 1. The smallest absolute Gasteiger partial charge is 0.336 e. The van der Waals surface area contributed by atoms with Crippen LogP contribution in [0.25, 0.3) is 22.2 Å². The van der Waals surface area contributed by atoms with Gasteiger partial charge in [-0.05, 0) is 36.5 Å². The van der Waals surface area contributed by atoms with Gasteiger partial charge < -0.3 is 19.7 Å². The lowest BCUT2D eigenvalue weighted by atomic mass is 9.81. The molecule has 1 aliphatic carbocycles. The first-order valence-electron chi connectivity index (χ1n) is 10.5. The van der Waals surface area contributed by atoms with Crippen molar-refractivity contribution in [2.75, 3.05) is 14.1 Å². The number of aromatic nitrogens is 3. The molecular weight excluding hydrogens is 396 g/mol. The number of rotatable bonds is 5. The van der Waals surface area contributed by atoms with Crippen LogP contribution in [0.2, 0.25) is 0 Å². The molecule has 1 aliphatic rings. The molecule has 162 valence electrons. The number of carboxylic acid groups (broad SMARTS) is 1. The van der Waals surface area contributed by atoms with E-state index < -0.39 is 5.97 Å². The zero-order chi connectivity index (χ0) is 22.1. The summed E-state index contributed by atoms with van der Waals surface area (Å²) in [6.07, 6.45) is 8.29. The third kappa shape index (κ3) is 3.85. The van der Waals surface area contributed by atoms with Crippen molar-refractivity contribution < 1.29 is 19.8 Å². The van der Waals surface area contributed by atoms with E-state index in [1.54, 1.807) is 26.2 Å². The summed E-state index contributed by atoms with van der Waals surface area (Å²) in [7, 11) is 3.39. The van der Waals surface area contributed by atoms with Gasteiger partial charge in [0.25, 0.3) is 0 Å². The van der Waals surface area contributed by atoms with E-state index in [1.165, 1.54) is 17.3 Å². The van der Waals surface area contributed by atoms with Gasteiger partial charge in [0, 0.05) is 37.4 Å². The lowest BCUT2D eigenvalue weighted by molar-refractivity contribution is -0.129. The zero-order valence-electron chi connectivity index (χ0n) is 17.7. The van der Waals surface area contributed by atoms with Crippen LogP contribution in [0.3, 0.4) is 0 Å². The fourth-order valence-electron chi connectivity index (χ4n) is 4.60. The zero-order valence-corrected chi connectivity index (χ0v) is 17.7. The molecule has 31 heavy (non-hydrogen) atoms. The van der Waals surface area contributed by atoms with Crippen LogP contribution in [-0.4, -0.2) is 55.6 Å². The Hall–Kier alpha value is -3.42. The molecule has 8 heteroatoms. The van der Waals surface area contributed by atoms with E-state index in [0.29, 0.717) is 16.5 Å². The minimum Gasteiger partial charge on any atom is -0.479 e. The van der Waals surface area contributed by atoms with Crippen molar-refractivity contribution in [3.63, 3.8) is 0 Å². The lowest BCUT2D eigenvalue weighted by Crippen LogP contribution is -2.26. The Labute approximate surface area is 180 Å². The van der Waals surface area contributed by atoms with E-state index in [1.807, 2.05) is 10.6 Å². The summed E-state index contributed by atoms with van der Waals surface area (Å²) < 4.78 is 1.88. The average Bonchev–Trinajstić information content (AvgIpc) is 3.09. The molecule has 0 saturated heterocycles. The molecule has 1 aromatic carbocycles. The van der Waals surface area contributed by atoms with Crippen LogP contribution in [-0.2, 0) is 11.3 Å². The monoisotopic (exact) mass is 422 g/mol. The van der Waals surface area contributed by atoms with Gasteiger partial charge in [-0.15, -0.1) is 0 Å². The van der Waals surface area contributed by atoms with Crippen LogP contribution < -0.4 is 0 Å². The van der Waals surface area contributed by atoms with Gasteiger partial charge in [0.15, 0.2) is 0 Å². The maximum absolute atomic E-state index is 12.7. The van der Waals surface area contributed by atoms with Crippen LogP contribution in [0.5, 0.6) is 6.01 Å². The number of carbonyl (C=O) groups excluding carboxylic acids is 1. The predicted molar refractivity (Wildman–Crippen MR) is 116 cm³/mol. The summed E-state index contributed by atoms with van der Waals surface area (Å²) in [6.45, 7) is 0.0650. The molecule has 8 nitrogen and oxygen atoms in total. The van der Waals surface area contributed by atoms with E-state index in [-0.39, 0.29) is 29.9 Å². The number of nitrogens with zero attached hydrogens (tertiary/aromatic N) is 4. The van der Waals surface area contributed by atoms with E-state index in [0.717, 1.165) is 43.4 Å². The molecule has 4 rings (SSSR count). The first kappa shape index (κ1) is 20.8. The van der Waals surface area contributed by atoms with E-state index in [9.17, 15) is 19.8 Å². The van der Waals surface area contributed by atoms with Crippen molar-refractivity contribution in [1.29, 1.82) is 0 Å². The number of likely N-dealkylation sites (N-methyl/N-ethyl adjacent to an activating group) is 1. The Morgan fingerprint density at radius 2 is 1.81 bits per heavy atom. The Bertz CT molecular complexity index is 1130. The highest BCUT2D eigenvalue weighted by atomic mass is 16.4. The fourth-order valence-corrected chi connectivity index (χ4v) is 4.60. The third-order valence-electron chi connectivity index (χ3n) is 6.08. The third-order valence-corrected chi connectivity index (χ3v) is 6.08. The Morgan fingerprint density at radius 1 is 1.13 bits per heavy atom. The quantitative estimate of drug-likeness (QED) is 0.650. The summed E-state index contributed by atoms with van der Waals surface area (Å²) in [5.41, 5.74) is 3.28. The number of aromatic carboxylic acids is 1. The number of carboxylic acids is 1. The van der Waals surface area contributed by atoms with Gasteiger partial charge >= 0.3 is 12.0 Å². The summed E-state index contributed by atoms with van der Waals surface area (Å²) in [4.78, 5) is 34.3.